The van der Waals surface area contributed by atoms with E-state index in [-0.39, 0.29) is 12.1 Å². The van der Waals surface area contributed by atoms with Crippen LogP contribution in [-0.2, 0) is 4.79 Å². The van der Waals surface area contributed by atoms with Crippen LogP contribution in [0.4, 0.5) is 0 Å². The zero-order chi connectivity index (χ0) is 10.8. The van der Waals surface area contributed by atoms with Gasteiger partial charge in [-0.05, 0) is 31.0 Å². The summed E-state index contributed by atoms with van der Waals surface area (Å²) in [6.45, 7) is 1.38. The van der Waals surface area contributed by atoms with Crippen molar-refractivity contribution in [1.29, 1.82) is 0 Å². The maximum absolute atomic E-state index is 10.9. The highest BCUT2D eigenvalue weighted by Crippen LogP contribution is 2.35. The molecule has 0 aromatic heterocycles. The summed E-state index contributed by atoms with van der Waals surface area (Å²) in [7, 11) is 0. The maximum atomic E-state index is 10.9. The van der Waals surface area contributed by atoms with E-state index in [4.69, 9.17) is 9.47 Å². The lowest BCUT2D eigenvalue weighted by molar-refractivity contribution is -0.132. The predicted octanol–water partition coefficient (Wildman–Crippen LogP) is 2.92. The first-order valence-electron chi connectivity index (χ1n) is 4.80. The number of carbonyl (C=O) groups is 1. The Morgan fingerprint density at radius 1 is 1.40 bits per heavy atom. The zero-order valence-electron chi connectivity index (χ0n) is 8.33. The second kappa shape index (κ2) is 4.23. The van der Waals surface area contributed by atoms with E-state index in [2.05, 4.69) is 15.9 Å². The molecule has 1 fully saturated rings. The fraction of sp³-hybridized carbons (Fsp3) is 0.364. The van der Waals surface area contributed by atoms with Gasteiger partial charge in [-0.3, -0.25) is 4.79 Å². The van der Waals surface area contributed by atoms with Gasteiger partial charge in [0.1, 0.15) is 0 Å². The van der Waals surface area contributed by atoms with Crippen molar-refractivity contribution in [2.45, 2.75) is 25.9 Å². The van der Waals surface area contributed by atoms with Gasteiger partial charge in [-0.1, -0.05) is 15.9 Å². The summed E-state index contributed by atoms with van der Waals surface area (Å²) in [5.74, 6) is 0.776. The Labute approximate surface area is 96.5 Å². The van der Waals surface area contributed by atoms with Crippen LogP contribution in [0.5, 0.6) is 11.5 Å². The molecule has 2 rings (SSSR count). The molecule has 0 unspecified atom stereocenters. The van der Waals surface area contributed by atoms with E-state index in [0.717, 1.165) is 17.3 Å². The molecule has 0 saturated heterocycles. The number of rotatable bonds is 3. The topological polar surface area (TPSA) is 35.5 Å². The van der Waals surface area contributed by atoms with Gasteiger partial charge in [0.2, 0.25) is 0 Å². The minimum absolute atomic E-state index is 0.286. The first-order chi connectivity index (χ1) is 7.15. The van der Waals surface area contributed by atoms with Crippen molar-refractivity contribution in [1.82, 2.24) is 0 Å². The second-order valence-corrected chi connectivity index (χ2v) is 4.42. The van der Waals surface area contributed by atoms with Gasteiger partial charge in [-0.2, -0.15) is 0 Å². The van der Waals surface area contributed by atoms with E-state index in [1.54, 1.807) is 6.07 Å². The SMILES string of the molecule is CC(=O)Oc1ccc(Br)cc1OC1CC1. The van der Waals surface area contributed by atoms with Crippen molar-refractivity contribution < 1.29 is 14.3 Å². The third kappa shape index (κ3) is 2.96. The zero-order valence-corrected chi connectivity index (χ0v) is 9.91. The molecule has 0 spiro atoms. The van der Waals surface area contributed by atoms with Crippen molar-refractivity contribution in [3.05, 3.63) is 22.7 Å². The van der Waals surface area contributed by atoms with Gasteiger partial charge >= 0.3 is 5.97 Å². The summed E-state index contributed by atoms with van der Waals surface area (Å²) in [6.07, 6.45) is 2.44. The van der Waals surface area contributed by atoms with Gasteiger partial charge in [0.05, 0.1) is 6.10 Å². The van der Waals surface area contributed by atoms with Crippen LogP contribution >= 0.6 is 15.9 Å². The van der Waals surface area contributed by atoms with Crippen molar-refractivity contribution in [3.63, 3.8) is 0 Å². The number of carbonyl (C=O) groups excluding carboxylic acids is 1. The van der Waals surface area contributed by atoms with Crippen molar-refractivity contribution >= 4 is 21.9 Å². The minimum Gasteiger partial charge on any atom is -0.486 e. The Morgan fingerprint density at radius 2 is 2.13 bits per heavy atom. The summed E-state index contributed by atoms with van der Waals surface area (Å²) in [5.41, 5.74) is 0. The van der Waals surface area contributed by atoms with Gasteiger partial charge in [0, 0.05) is 11.4 Å². The van der Waals surface area contributed by atoms with Crippen molar-refractivity contribution in [2.24, 2.45) is 0 Å². The molecule has 1 aliphatic carbocycles. The molecule has 3 nitrogen and oxygen atoms in total. The molecule has 0 heterocycles. The molecule has 1 aliphatic rings. The number of hydrogen-bond donors (Lipinski definition) is 0. The van der Waals surface area contributed by atoms with Gasteiger partial charge in [-0.25, -0.2) is 0 Å². The lowest BCUT2D eigenvalue weighted by atomic mass is 10.3. The summed E-state index contributed by atoms with van der Waals surface area (Å²) >= 11 is 3.35. The minimum atomic E-state index is -0.335. The van der Waals surface area contributed by atoms with Crippen LogP contribution in [-0.4, -0.2) is 12.1 Å². The average molecular weight is 271 g/mol. The smallest absolute Gasteiger partial charge is 0.308 e. The Morgan fingerprint density at radius 3 is 2.73 bits per heavy atom. The third-order valence-electron chi connectivity index (χ3n) is 1.98. The van der Waals surface area contributed by atoms with Gasteiger partial charge in [0.15, 0.2) is 11.5 Å². The van der Waals surface area contributed by atoms with Crippen molar-refractivity contribution in [3.8, 4) is 11.5 Å². The lowest BCUT2D eigenvalue weighted by Gasteiger charge is -2.10. The molecule has 80 valence electrons. The third-order valence-corrected chi connectivity index (χ3v) is 2.47. The molecule has 0 aliphatic heterocycles. The fourth-order valence-corrected chi connectivity index (χ4v) is 1.52. The van der Waals surface area contributed by atoms with Crippen LogP contribution in [0.1, 0.15) is 19.8 Å². The van der Waals surface area contributed by atoms with E-state index in [1.807, 2.05) is 12.1 Å². The molecule has 1 saturated carbocycles. The number of ether oxygens (including phenoxy) is 2. The Hall–Kier alpha value is -1.03. The normalized spacial score (nSPS) is 14.8. The summed E-state index contributed by atoms with van der Waals surface area (Å²) in [5, 5.41) is 0. The highest BCUT2D eigenvalue weighted by molar-refractivity contribution is 9.10. The molecular formula is C11H11BrO3. The molecule has 0 N–H and O–H groups in total. The highest BCUT2D eigenvalue weighted by Gasteiger charge is 2.25. The summed E-state index contributed by atoms with van der Waals surface area (Å²) in [4.78, 5) is 10.9. The standard InChI is InChI=1S/C11H11BrO3/c1-7(13)14-10-5-2-8(12)6-11(10)15-9-3-4-9/h2,5-6,9H,3-4H2,1H3. The van der Waals surface area contributed by atoms with E-state index in [0.29, 0.717) is 11.5 Å². The van der Waals surface area contributed by atoms with E-state index < -0.39 is 0 Å². The van der Waals surface area contributed by atoms with Crippen LogP contribution in [0.2, 0.25) is 0 Å². The van der Waals surface area contributed by atoms with Crippen molar-refractivity contribution in [2.75, 3.05) is 0 Å². The van der Waals surface area contributed by atoms with Gasteiger partial charge in [-0.15, -0.1) is 0 Å². The average Bonchev–Trinajstić information content (AvgIpc) is 2.93. The Bertz CT molecular complexity index is 385. The first-order valence-corrected chi connectivity index (χ1v) is 5.59. The number of esters is 1. The Balaban J connectivity index is 2.21. The van der Waals surface area contributed by atoms with E-state index in [9.17, 15) is 4.79 Å². The van der Waals surface area contributed by atoms with Crippen LogP contribution in [0.3, 0.4) is 0 Å². The van der Waals surface area contributed by atoms with Gasteiger partial charge < -0.3 is 9.47 Å². The lowest BCUT2D eigenvalue weighted by Crippen LogP contribution is -2.05. The predicted molar refractivity (Wildman–Crippen MR) is 59.1 cm³/mol. The van der Waals surface area contributed by atoms with Crippen LogP contribution in [0.15, 0.2) is 22.7 Å². The molecule has 1 aromatic carbocycles. The largest absolute Gasteiger partial charge is 0.486 e. The quantitative estimate of drug-likeness (QED) is 0.626. The van der Waals surface area contributed by atoms with Crippen LogP contribution in [0.25, 0.3) is 0 Å². The summed E-state index contributed by atoms with van der Waals surface area (Å²) < 4.78 is 11.6. The van der Waals surface area contributed by atoms with E-state index >= 15 is 0 Å². The molecule has 1 aromatic rings. The molecule has 0 radical (unpaired) electrons. The summed E-state index contributed by atoms with van der Waals surface area (Å²) in [6, 6.07) is 5.36. The molecule has 0 atom stereocenters. The highest BCUT2D eigenvalue weighted by atomic mass is 79.9. The monoisotopic (exact) mass is 270 g/mol. The van der Waals surface area contributed by atoms with E-state index in [1.165, 1.54) is 6.92 Å². The van der Waals surface area contributed by atoms with Gasteiger partial charge in [0.25, 0.3) is 0 Å². The maximum Gasteiger partial charge on any atom is 0.308 e. The molecule has 0 amide bonds. The first kappa shape index (κ1) is 10.5. The molecule has 15 heavy (non-hydrogen) atoms. The molecular weight excluding hydrogens is 260 g/mol. The van der Waals surface area contributed by atoms with Crippen LogP contribution in [0, 0.1) is 0 Å². The number of halogens is 1. The second-order valence-electron chi connectivity index (χ2n) is 3.50. The number of benzene rings is 1. The Kier molecular flexibility index (Phi) is 2.95. The number of hydrogen-bond acceptors (Lipinski definition) is 3. The fourth-order valence-electron chi connectivity index (χ4n) is 1.18. The van der Waals surface area contributed by atoms with Crippen LogP contribution < -0.4 is 9.47 Å². The molecule has 4 heteroatoms. The molecule has 0 bridgehead atoms.